The molecule has 0 bridgehead atoms. The molecule has 1 aromatic rings. The molecule has 21 heavy (non-hydrogen) atoms. The second-order valence-corrected chi connectivity index (χ2v) is 5.87. The smallest absolute Gasteiger partial charge is 0.339 e. The SMILES string of the molecule is COC(=O)c1cc(C(O)C(O)CSC(C)=O)c(Cl)cc1N. The molecule has 0 saturated carbocycles. The van der Waals surface area contributed by atoms with Gasteiger partial charge in [0.05, 0.1) is 18.8 Å². The number of nitrogen functional groups attached to an aromatic ring is 1. The first-order valence-corrected chi connectivity index (χ1v) is 7.31. The zero-order valence-electron chi connectivity index (χ0n) is 11.5. The van der Waals surface area contributed by atoms with Crippen molar-refractivity contribution >= 4 is 40.1 Å². The Morgan fingerprint density at radius 1 is 1.43 bits per heavy atom. The third kappa shape index (κ3) is 4.60. The molecule has 0 aliphatic carbocycles. The summed E-state index contributed by atoms with van der Waals surface area (Å²) < 4.78 is 4.58. The fourth-order valence-corrected chi connectivity index (χ4v) is 2.49. The van der Waals surface area contributed by atoms with Gasteiger partial charge in [0, 0.05) is 29.0 Å². The minimum atomic E-state index is -1.35. The highest BCUT2D eigenvalue weighted by atomic mass is 35.5. The number of hydrogen-bond donors (Lipinski definition) is 3. The average Bonchev–Trinajstić information content (AvgIpc) is 2.43. The summed E-state index contributed by atoms with van der Waals surface area (Å²) in [5.41, 5.74) is 5.96. The van der Waals surface area contributed by atoms with Crippen LogP contribution in [0.25, 0.3) is 0 Å². The summed E-state index contributed by atoms with van der Waals surface area (Å²) in [7, 11) is 1.20. The Morgan fingerprint density at radius 2 is 2.05 bits per heavy atom. The molecule has 1 rings (SSSR count). The third-order valence-electron chi connectivity index (χ3n) is 2.71. The van der Waals surface area contributed by atoms with E-state index in [0.717, 1.165) is 11.8 Å². The number of thioether (sulfide) groups is 1. The van der Waals surface area contributed by atoms with Gasteiger partial charge in [-0.3, -0.25) is 4.79 Å². The summed E-state index contributed by atoms with van der Waals surface area (Å²) in [6.07, 6.45) is -2.57. The molecular weight excluding hydrogens is 318 g/mol. The van der Waals surface area contributed by atoms with E-state index in [-0.39, 0.29) is 32.7 Å². The number of hydrogen-bond acceptors (Lipinski definition) is 7. The first-order chi connectivity index (χ1) is 9.77. The summed E-state index contributed by atoms with van der Waals surface area (Å²) in [6, 6.07) is 2.58. The second-order valence-electron chi connectivity index (χ2n) is 4.27. The lowest BCUT2D eigenvalue weighted by molar-refractivity contribution is -0.109. The van der Waals surface area contributed by atoms with Crippen LogP contribution >= 0.6 is 23.4 Å². The van der Waals surface area contributed by atoms with Crippen LogP contribution in [0.15, 0.2) is 12.1 Å². The highest BCUT2D eigenvalue weighted by Crippen LogP contribution is 2.31. The number of benzene rings is 1. The molecule has 6 nitrogen and oxygen atoms in total. The van der Waals surface area contributed by atoms with Gasteiger partial charge in [0.15, 0.2) is 5.12 Å². The molecule has 0 spiro atoms. The van der Waals surface area contributed by atoms with Crippen molar-refractivity contribution in [2.24, 2.45) is 0 Å². The quantitative estimate of drug-likeness (QED) is 0.551. The molecule has 0 radical (unpaired) electrons. The minimum absolute atomic E-state index is 0.00473. The van der Waals surface area contributed by atoms with Gasteiger partial charge in [-0.25, -0.2) is 4.79 Å². The molecular formula is C13H16ClNO5S. The summed E-state index contributed by atoms with van der Waals surface area (Å²) in [5, 5.41) is 19.9. The molecule has 116 valence electrons. The zero-order valence-corrected chi connectivity index (χ0v) is 13.1. The van der Waals surface area contributed by atoms with E-state index in [1.165, 1.54) is 26.2 Å². The van der Waals surface area contributed by atoms with Gasteiger partial charge in [0.1, 0.15) is 6.10 Å². The Kier molecular flexibility index (Phi) is 6.47. The van der Waals surface area contributed by atoms with Gasteiger partial charge in [-0.2, -0.15) is 0 Å². The zero-order chi connectivity index (χ0) is 16.2. The fourth-order valence-electron chi connectivity index (χ4n) is 1.62. The third-order valence-corrected chi connectivity index (χ3v) is 3.96. The molecule has 0 aliphatic rings. The van der Waals surface area contributed by atoms with Gasteiger partial charge >= 0.3 is 5.97 Å². The van der Waals surface area contributed by atoms with Crippen LogP contribution in [0.2, 0.25) is 5.02 Å². The minimum Gasteiger partial charge on any atom is -0.465 e. The van der Waals surface area contributed by atoms with E-state index >= 15 is 0 Å². The number of aliphatic hydroxyl groups excluding tert-OH is 2. The molecule has 0 fully saturated rings. The molecule has 0 aliphatic heterocycles. The lowest BCUT2D eigenvalue weighted by atomic mass is 10.0. The standard InChI is InChI=1S/C13H16ClNO5S/c1-6(16)21-5-11(17)12(18)7-3-8(13(19)20-2)10(15)4-9(7)14/h3-4,11-12,17-18H,5,15H2,1-2H3. The van der Waals surface area contributed by atoms with Crippen molar-refractivity contribution < 1.29 is 24.5 Å². The molecule has 2 unspecified atom stereocenters. The number of methoxy groups -OCH3 is 1. The van der Waals surface area contributed by atoms with Gasteiger partial charge in [-0.15, -0.1) is 0 Å². The Hall–Kier alpha value is -1.28. The molecule has 0 heterocycles. The molecule has 2 atom stereocenters. The lowest BCUT2D eigenvalue weighted by Gasteiger charge is -2.19. The van der Waals surface area contributed by atoms with Crippen molar-refractivity contribution in [3.63, 3.8) is 0 Å². The van der Waals surface area contributed by atoms with Crippen molar-refractivity contribution in [3.05, 3.63) is 28.3 Å². The summed E-state index contributed by atoms with van der Waals surface area (Å²) >= 11 is 6.85. The number of rotatable bonds is 5. The van der Waals surface area contributed by atoms with Crippen LogP contribution in [0.1, 0.15) is 28.9 Å². The highest BCUT2D eigenvalue weighted by Gasteiger charge is 2.24. The maximum absolute atomic E-state index is 11.6. The van der Waals surface area contributed by atoms with E-state index < -0.39 is 18.2 Å². The number of carbonyl (C=O) groups excluding carboxylic acids is 2. The van der Waals surface area contributed by atoms with E-state index in [0.29, 0.717) is 0 Å². The molecule has 0 saturated heterocycles. The van der Waals surface area contributed by atoms with E-state index in [2.05, 4.69) is 4.74 Å². The maximum atomic E-state index is 11.6. The number of anilines is 1. The van der Waals surface area contributed by atoms with E-state index in [1.54, 1.807) is 0 Å². The first-order valence-electron chi connectivity index (χ1n) is 5.94. The van der Waals surface area contributed by atoms with E-state index in [9.17, 15) is 19.8 Å². The van der Waals surface area contributed by atoms with Gasteiger partial charge < -0.3 is 20.7 Å². The second kappa shape index (κ2) is 7.65. The van der Waals surface area contributed by atoms with Crippen LogP contribution < -0.4 is 5.73 Å². The number of halogens is 1. The Balaban J connectivity index is 3.05. The molecule has 1 aromatic carbocycles. The van der Waals surface area contributed by atoms with Crippen molar-refractivity contribution in [2.45, 2.75) is 19.1 Å². The van der Waals surface area contributed by atoms with Crippen molar-refractivity contribution in [1.29, 1.82) is 0 Å². The molecule has 0 amide bonds. The van der Waals surface area contributed by atoms with Crippen LogP contribution in [-0.2, 0) is 9.53 Å². The predicted molar refractivity (Wildman–Crippen MR) is 81.3 cm³/mol. The van der Waals surface area contributed by atoms with E-state index in [1.807, 2.05) is 0 Å². The number of aliphatic hydroxyl groups is 2. The predicted octanol–water partition coefficient (Wildman–Crippen LogP) is 1.38. The maximum Gasteiger partial charge on any atom is 0.339 e. The largest absolute Gasteiger partial charge is 0.465 e. The first kappa shape index (κ1) is 17.8. The highest BCUT2D eigenvalue weighted by molar-refractivity contribution is 8.13. The number of esters is 1. The normalized spacial score (nSPS) is 13.6. The van der Waals surface area contributed by atoms with Crippen LogP contribution in [0, 0.1) is 0 Å². The summed E-state index contributed by atoms with van der Waals surface area (Å²) in [4.78, 5) is 22.4. The molecule has 0 aromatic heterocycles. The van der Waals surface area contributed by atoms with Crippen molar-refractivity contribution in [3.8, 4) is 0 Å². The number of carbonyl (C=O) groups is 2. The Morgan fingerprint density at radius 3 is 2.57 bits per heavy atom. The summed E-state index contributed by atoms with van der Waals surface area (Å²) in [6.45, 7) is 1.36. The topological polar surface area (TPSA) is 110 Å². The monoisotopic (exact) mass is 333 g/mol. The van der Waals surface area contributed by atoms with Gasteiger partial charge in [-0.1, -0.05) is 23.4 Å². The van der Waals surface area contributed by atoms with Crippen LogP contribution in [0.4, 0.5) is 5.69 Å². The fraction of sp³-hybridized carbons (Fsp3) is 0.385. The Bertz CT molecular complexity index is 552. The van der Waals surface area contributed by atoms with Crippen LogP contribution in [0.3, 0.4) is 0 Å². The average molecular weight is 334 g/mol. The van der Waals surface area contributed by atoms with Crippen molar-refractivity contribution in [2.75, 3.05) is 18.6 Å². The van der Waals surface area contributed by atoms with Gasteiger partial charge in [0.2, 0.25) is 0 Å². The molecule has 4 N–H and O–H groups in total. The van der Waals surface area contributed by atoms with Crippen molar-refractivity contribution in [1.82, 2.24) is 0 Å². The van der Waals surface area contributed by atoms with Gasteiger partial charge in [0.25, 0.3) is 0 Å². The van der Waals surface area contributed by atoms with Crippen LogP contribution in [-0.4, -0.2) is 40.3 Å². The Labute approximate surface area is 131 Å². The number of nitrogens with two attached hydrogens (primary N) is 1. The number of ether oxygens (including phenoxy) is 1. The van der Waals surface area contributed by atoms with E-state index in [4.69, 9.17) is 17.3 Å². The lowest BCUT2D eigenvalue weighted by Crippen LogP contribution is -2.22. The van der Waals surface area contributed by atoms with Gasteiger partial charge in [-0.05, 0) is 12.1 Å². The van der Waals surface area contributed by atoms with Crippen LogP contribution in [0.5, 0.6) is 0 Å². The summed E-state index contributed by atoms with van der Waals surface area (Å²) in [5.74, 6) is -0.671. The molecule has 8 heteroatoms.